The summed E-state index contributed by atoms with van der Waals surface area (Å²) in [6.07, 6.45) is 1.47. The average molecular weight is 272 g/mol. The van der Waals surface area contributed by atoms with Gasteiger partial charge < -0.3 is 10.5 Å². The van der Waals surface area contributed by atoms with Crippen LogP contribution >= 0.6 is 0 Å². The van der Waals surface area contributed by atoms with Gasteiger partial charge >= 0.3 is 0 Å². The first kappa shape index (κ1) is 13.4. The van der Waals surface area contributed by atoms with Crippen LogP contribution in [0.4, 0.5) is 0 Å². The lowest BCUT2D eigenvalue weighted by Gasteiger charge is -2.26. The molecular weight excluding hydrogens is 256 g/mol. The molecule has 1 aliphatic rings. The number of morpholine rings is 1. The monoisotopic (exact) mass is 272 g/mol. The second-order valence-electron chi connectivity index (χ2n) is 3.90. The third kappa shape index (κ3) is 3.24. The van der Waals surface area contributed by atoms with Gasteiger partial charge in [-0.1, -0.05) is 6.07 Å². The molecule has 100 valence electrons. The number of sulfonamides is 1. The quantitative estimate of drug-likeness (QED) is 0.734. The molecule has 0 atom stereocenters. The van der Waals surface area contributed by atoms with E-state index >= 15 is 0 Å². The summed E-state index contributed by atoms with van der Waals surface area (Å²) in [6, 6.07) is 3.10. The fourth-order valence-electron chi connectivity index (χ4n) is 1.56. The summed E-state index contributed by atoms with van der Waals surface area (Å²) >= 11 is 0. The Balaban J connectivity index is 2.08. The van der Waals surface area contributed by atoms with E-state index in [2.05, 4.69) is 9.82 Å². The predicted molar refractivity (Wildman–Crippen MR) is 64.8 cm³/mol. The van der Waals surface area contributed by atoms with E-state index in [0.29, 0.717) is 32.8 Å². The van der Waals surface area contributed by atoms with Crippen molar-refractivity contribution in [1.29, 1.82) is 0 Å². The van der Waals surface area contributed by atoms with Crippen molar-refractivity contribution < 1.29 is 13.2 Å². The molecule has 0 aromatic carbocycles. The highest BCUT2D eigenvalue weighted by Crippen LogP contribution is 2.07. The zero-order chi connectivity index (χ0) is 13.0. The van der Waals surface area contributed by atoms with Crippen molar-refractivity contribution in [2.75, 3.05) is 26.3 Å². The van der Waals surface area contributed by atoms with Crippen molar-refractivity contribution >= 4 is 10.0 Å². The fraction of sp³-hybridized carbons (Fsp3) is 0.500. The number of nitrogens with zero attached hydrogens (tertiary/aromatic N) is 2. The molecule has 1 saturated heterocycles. The third-order valence-electron chi connectivity index (χ3n) is 2.57. The van der Waals surface area contributed by atoms with Gasteiger partial charge in [-0.15, -0.1) is 4.83 Å². The highest BCUT2D eigenvalue weighted by molar-refractivity contribution is 7.89. The molecule has 1 aromatic rings. The molecule has 1 fully saturated rings. The molecule has 8 heteroatoms. The Morgan fingerprint density at radius 2 is 2.11 bits per heavy atom. The van der Waals surface area contributed by atoms with E-state index in [1.807, 2.05) is 0 Å². The number of hydrogen-bond acceptors (Lipinski definition) is 6. The summed E-state index contributed by atoms with van der Waals surface area (Å²) in [5.41, 5.74) is 6.22. The number of ether oxygens (including phenoxy) is 1. The maximum Gasteiger partial charge on any atom is 0.270 e. The smallest absolute Gasteiger partial charge is 0.270 e. The van der Waals surface area contributed by atoms with Gasteiger partial charge in [-0.2, -0.15) is 0 Å². The van der Waals surface area contributed by atoms with Gasteiger partial charge in [0.05, 0.1) is 13.2 Å². The molecule has 0 spiro atoms. The molecule has 7 nitrogen and oxygen atoms in total. The Hall–Kier alpha value is -1.06. The maximum absolute atomic E-state index is 12.0. The van der Waals surface area contributed by atoms with E-state index in [1.165, 1.54) is 12.3 Å². The van der Waals surface area contributed by atoms with Crippen LogP contribution in [0.2, 0.25) is 0 Å². The molecule has 0 aliphatic carbocycles. The van der Waals surface area contributed by atoms with E-state index in [9.17, 15) is 8.42 Å². The molecule has 3 N–H and O–H groups in total. The first-order valence-corrected chi connectivity index (χ1v) is 7.10. The minimum Gasteiger partial charge on any atom is -0.379 e. The van der Waals surface area contributed by atoms with Crippen LogP contribution in [0.3, 0.4) is 0 Å². The Labute approximate surface area is 106 Å². The SMILES string of the molecule is NCc1ccc(S(=O)(=O)NN2CCOCC2)nc1. The third-order valence-corrected chi connectivity index (χ3v) is 3.86. The number of rotatable bonds is 4. The molecule has 0 amide bonds. The van der Waals surface area contributed by atoms with Gasteiger partial charge in [0.1, 0.15) is 0 Å². The average Bonchev–Trinajstić information content (AvgIpc) is 2.39. The number of nitrogens with one attached hydrogen (secondary N) is 1. The van der Waals surface area contributed by atoms with Crippen LogP contribution < -0.4 is 10.6 Å². The second kappa shape index (κ2) is 5.72. The Morgan fingerprint density at radius 3 is 2.67 bits per heavy atom. The van der Waals surface area contributed by atoms with Crippen LogP contribution in [0.5, 0.6) is 0 Å². The topological polar surface area (TPSA) is 97.5 Å². The van der Waals surface area contributed by atoms with Gasteiger partial charge in [0, 0.05) is 25.8 Å². The van der Waals surface area contributed by atoms with Gasteiger partial charge in [0.25, 0.3) is 10.0 Å². The van der Waals surface area contributed by atoms with Crippen LogP contribution in [-0.2, 0) is 21.3 Å². The summed E-state index contributed by atoms with van der Waals surface area (Å²) < 4.78 is 29.2. The molecule has 0 unspecified atom stereocenters. The van der Waals surface area contributed by atoms with Crippen molar-refractivity contribution in [2.45, 2.75) is 11.6 Å². The normalized spacial score (nSPS) is 17.8. The van der Waals surface area contributed by atoms with Crippen LogP contribution in [0, 0.1) is 0 Å². The van der Waals surface area contributed by atoms with Crippen LogP contribution in [0.15, 0.2) is 23.4 Å². The van der Waals surface area contributed by atoms with Crippen LogP contribution in [0.25, 0.3) is 0 Å². The summed E-state index contributed by atoms with van der Waals surface area (Å²) in [7, 11) is -3.62. The summed E-state index contributed by atoms with van der Waals surface area (Å²) in [6.45, 7) is 2.43. The lowest BCUT2D eigenvalue weighted by Crippen LogP contribution is -2.48. The van der Waals surface area contributed by atoms with Crippen molar-refractivity contribution in [1.82, 2.24) is 14.8 Å². The highest BCUT2D eigenvalue weighted by atomic mass is 32.2. The molecule has 0 radical (unpaired) electrons. The van der Waals surface area contributed by atoms with E-state index in [1.54, 1.807) is 11.1 Å². The van der Waals surface area contributed by atoms with Crippen molar-refractivity contribution in [3.8, 4) is 0 Å². The molecule has 2 heterocycles. The van der Waals surface area contributed by atoms with E-state index in [0.717, 1.165) is 5.56 Å². The molecule has 18 heavy (non-hydrogen) atoms. The van der Waals surface area contributed by atoms with Gasteiger partial charge in [0.2, 0.25) is 0 Å². The zero-order valence-corrected chi connectivity index (χ0v) is 10.7. The van der Waals surface area contributed by atoms with Crippen LogP contribution in [-0.4, -0.2) is 44.7 Å². The summed E-state index contributed by atoms with van der Waals surface area (Å²) in [4.78, 5) is 6.38. The summed E-state index contributed by atoms with van der Waals surface area (Å²) in [5.74, 6) is 0. The minimum atomic E-state index is -3.62. The van der Waals surface area contributed by atoms with Gasteiger partial charge in [-0.3, -0.25) is 0 Å². The number of aromatic nitrogens is 1. The maximum atomic E-state index is 12.0. The molecule has 1 aromatic heterocycles. The fourth-order valence-corrected chi connectivity index (χ4v) is 2.62. The Kier molecular flexibility index (Phi) is 4.25. The number of hydrogen-bond donors (Lipinski definition) is 2. The Bertz CT molecular complexity index is 482. The Morgan fingerprint density at radius 1 is 1.39 bits per heavy atom. The molecule has 1 aliphatic heterocycles. The molecular formula is C10H16N4O3S. The number of hydrazine groups is 1. The summed E-state index contributed by atoms with van der Waals surface area (Å²) in [5, 5.41) is 1.60. The van der Waals surface area contributed by atoms with E-state index in [-0.39, 0.29) is 5.03 Å². The molecule has 2 rings (SSSR count). The predicted octanol–water partition coefficient (Wildman–Crippen LogP) is -0.934. The van der Waals surface area contributed by atoms with Crippen molar-refractivity contribution in [2.24, 2.45) is 5.73 Å². The highest BCUT2D eigenvalue weighted by Gasteiger charge is 2.21. The van der Waals surface area contributed by atoms with Crippen molar-refractivity contribution in [3.63, 3.8) is 0 Å². The van der Waals surface area contributed by atoms with E-state index in [4.69, 9.17) is 10.5 Å². The van der Waals surface area contributed by atoms with Crippen LogP contribution in [0.1, 0.15) is 5.56 Å². The largest absolute Gasteiger partial charge is 0.379 e. The second-order valence-corrected chi connectivity index (χ2v) is 5.51. The van der Waals surface area contributed by atoms with Gasteiger partial charge in [0.15, 0.2) is 5.03 Å². The van der Waals surface area contributed by atoms with Crippen molar-refractivity contribution in [3.05, 3.63) is 23.9 Å². The zero-order valence-electron chi connectivity index (χ0n) is 9.87. The lowest BCUT2D eigenvalue weighted by molar-refractivity contribution is 0.0272. The molecule has 0 saturated carbocycles. The lowest BCUT2D eigenvalue weighted by atomic mass is 10.3. The minimum absolute atomic E-state index is 0.00816. The number of pyridine rings is 1. The van der Waals surface area contributed by atoms with Gasteiger partial charge in [-0.25, -0.2) is 18.4 Å². The van der Waals surface area contributed by atoms with E-state index < -0.39 is 10.0 Å². The first-order valence-electron chi connectivity index (χ1n) is 5.62. The number of nitrogens with two attached hydrogens (primary N) is 1. The first-order chi connectivity index (χ1) is 8.62. The molecule has 0 bridgehead atoms. The standard InChI is InChI=1S/C10H16N4O3S/c11-7-9-1-2-10(12-8-9)18(15,16)13-14-3-5-17-6-4-14/h1-2,8,13H,3-7,11H2. The van der Waals surface area contributed by atoms with Gasteiger partial charge in [-0.05, 0) is 11.6 Å².